The molecule has 2 atom stereocenters. The zero-order chi connectivity index (χ0) is 13.6. The van der Waals surface area contributed by atoms with E-state index >= 15 is 0 Å². The molecule has 0 fully saturated rings. The molecule has 0 aliphatic heterocycles. The monoisotopic (exact) mass is 252 g/mol. The number of nitrogens with zero attached hydrogens (tertiary/aromatic N) is 1. The van der Waals surface area contributed by atoms with Crippen LogP contribution in [0.2, 0.25) is 0 Å². The lowest BCUT2D eigenvalue weighted by molar-refractivity contribution is 0.0619. The molecule has 0 spiro atoms. The largest absolute Gasteiger partial charge is 0.468 e. The molecule has 1 aromatic rings. The summed E-state index contributed by atoms with van der Waals surface area (Å²) in [6.45, 7) is 14.2. The Morgan fingerprint density at radius 2 is 1.94 bits per heavy atom. The Hall–Kier alpha value is -0.800. The van der Waals surface area contributed by atoms with Crippen LogP contribution in [0.15, 0.2) is 22.8 Å². The first-order valence-corrected chi connectivity index (χ1v) is 7.15. The van der Waals surface area contributed by atoms with E-state index in [1.165, 1.54) is 0 Å². The molecule has 104 valence electrons. The van der Waals surface area contributed by atoms with Gasteiger partial charge in [0.1, 0.15) is 5.76 Å². The first-order chi connectivity index (χ1) is 8.63. The van der Waals surface area contributed by atoms with Crippen molar-refractivity contribution in [3.8, 4) is 0 Å². The van der Waals surface area contributed by atoms with E-state index in [0.717, 1.165) is 31.8 Å². The van der Waals surface area contributed by atoms with Crippen LogP contribution in [0.5, 0.6) is 0 Å². The predicted molar refractivity (Wildman–Crippen MR) is 76.7 cm³/mol. The van der Waals surface area contributed by atoms with Crippen molar-refractivity contribution in [3.63, 3.8) is 0 Å². The molecule has 1 aromatic heterocycles. The van der Waals surface area contributed by atoms with Gasteiger partial charge >= 0.3 is 0 Å². The van der Waals surface area contributed by atoms with Crippen LogP contribution in [-0.2, 0) is 0 Å². The molecule has 0 aliphatic carbocycles. The summed E-state index contributed by atoms with van der Waals surface area (Å²) < 4.78 is 5.65. The fourth-order valence-electron chi connectivity index (χ4n) is 2.84. The van der Waals surface area contributed by atoms with Crippen LogP contribution in [0.1, 0.15) is 52.8 Å². The van der Waals surface area contributed by atoms with Crippen LogP contribution in [0, 0.1) is 0 Å². The van der Waals surface area contributed by atoms with Gasteiger partial charge in [0.15, 0.2) is 0 Å². The Morgan fingerprint density at radius 3 is 2.33 bits per heavy atom. The molecule has 3 nitrogen and oxygen atoms in total. The molecule has 0 amide bonds. The van der Waals surface area contributed by atoms with Gasteiger partial charge in [0.25, 0.3) is 0 Å². The van der Waals surface area contributed by atoms with E-state index in [4.69, 9.17) is 4.42 Å². The molecule has 0 radical (unpaired) electrons. The number of furan rings is 1. The van der Waals surface area contributed by atoms with Crippen molar-refractivity contribution in [3.05, 3.63) is 24.2 Å². The third-order valence-corrected chi connectivity index (χ3v) is 4.06. The molecule has 0 bridgehead atoms. The SMILES string of the molecule is CCNC(c1ccco1)C(C)(CC)N(CC)CC. The first kappa shape index (κ1) is 15.3. The summed E-state index contributed by atoms with van der Waals surface area (Å²) in [5.41, 5.74) is 0.0807. The van der Waals surface area contributed by atoms with Crippen LogP contribution in [0.25, 0.3) is 0 Å². The molecule has 0 aliphatic rings. The number of likely N-dealkylation sites (N-methyl/N-ethyl adjacent to an activating group) is 2. The number of rotatable bonds is 8. The Morgan fingerprint density at radius 1 is 1.28 bits per heavy atom. The van der Waals surface area contributed by atoms with E-state index in [0.29, 0.717) is 0 Å². The van der Waals surface area contributed by atoms with E-state index in [1.54, 1.807) is 6.26 Å². The summed E-state index contributed by atoms with van der Waals surface area (Å²) in [6, 6.07) is 4.28. The molecule has 18 heavy (non-hydrogen) atoms. The molecule has 0 saturated heterocycles. The van der Waals surface area contributed by atoms with Crippen molar-refractivity contribution in [2.75, 3.05) is 19.6 Å². The average Bonchev–Trinajstić information content (AvgIpc) is 2.90. The van der Waals surface area contributed by atoms with Gasteiger partial charge in [0, 0.05) is 5.54 Å². The van der Waals surface area contributed by atoms with Crippen LogP contribution >= 0.6 is 0 Å². The third-order valence-electron chi connectivity index (χ3n) is 4.06. The smallest absolute Gasteiger partial charge is 0.122 e. The molecule has 0 saturated carbocycles. The Bertz CT molecular complexity index is 319. The summed E-state index contributed by atoms with van der Waals surface area (Å²) in [6.07, 6.45) is 2.85. The van der Waals surface area contributed by atoms with Crippen LogP contribution in [0.4, 0.5) is 0 Å². The average molecular weight is 252 g/mol. The van der Waals surface area contributed by atoms with Gasteiger partial charge in [-0.2, -0.15) is 0 Å². The van der Waals surface area contributed by atoms with Gasteiger partial charge in [-0.15, -0.1) is 0 Å². The number of hydrogen-bond donors (Lipinski definition) is 1. The van der Waals surface area contributed by atoms with Gasteiger partial charge < -0.3 is 9.73 Å². The van der Waals surface area contributed by atoms with E-state index in [9.17, 15) is 0 Å². The highest BCUT2D eigenvalue weighted by atomic mass is 16.3. The Labute approximate surface area is 112 Å². The molecular weight excluding hydrogens is 224 g/mol. The number of nitrogens with one attached hydrogen (secondary N) is 1. The quantitative estimate of drug-likeness (QED) is 0.768. The van der Waals surface area contributed by atoms with Crippen LogP contribution < -0.4 is 5.32 Å². The second kappa shape index (κ2) is 6.95. The first-order valence-electron chi connectivity index (χ1n) is 7.15. The summed E-state index contributed by atoms with van der Waals surface area (Å²) in [7, 11) is 0. The zero-order valence-corrected chi connectivity index (χ0v) is 12.5. The molecule has 1 N–H and O–H groups in total. The van der Waals surface area contributed by atoms with Crippen molar-refractivity contribution < 1.29 is 4.42 Å². The van der Waals surface area contributed by atoms with E-state index < -0.39 is 0 Å². The van der Waals surface area contributed by atoms with Gasteiger partial charge in [-0.3, -0.25) is 4.90 Å². The Balaban J connectivity index is 3.07. The fourth-order valence-corrected chi connectivity index (χ4v) is 2.84. The highest BCUT2D eigenvalue weighted by Crippen LogP contribution is 2.34. The lowest BCUT2D eigenvalue weighted by Crippen LogP contribution is -2.54. The van der Waals surface area contributed by atoms with Crippen LogP contribution in [0.3, 0.4) is 0 Å². The maximum Gasteiger partial charge on any atom is 0.122 e. The van der Waals surface area contributed by atoms with Crippen molar-refractivity contribution in [1.82, 2.24) is 10.2 Å². The second-order valence-electron chi connectivity index (χ2n) is 4.89. The predicted octanol–water partition coefficient (Wildman–Crippen LogP) is 3.44. The van der Waals surface area contributed by atoms with Gasteiger partial charge in [0.05, 0.1) is 12.3 Å². The van der Waals surface area contributed by atoms with E-state index in [1.807, 2.05) is 6.07 Å². The second-order valence-corrected chi connectivity index (χ2v) is 4.89. The lowest BCUT2D eigenvalue weighted by Gasteiger charge is -2.45. The minimum atomic E-state index is 0.0807. The van der Waals surface area contributed by atoms with E-state index in [2.05, 4.69) is 50.9 Å². The van der Waals surface area contributed by atoms with Crippen molar-refractivity contribution >= 4 is 0 Å². The third kappa shape index (κ3) is 2.96. The summed E-state index contributed by atoms with van der Waals surface area (Å²) >= 11 is 0. The van der Waals surface area contributed by atoms with E-state index in [-0.39, 0.29) is 11.6 Å². The fraction of sp³-hybridized carbons (Fsp3) is 0.733. The van der Waals surface area contributed by atoms with Crippen molar-refractivity contribution in [2.45, 2.75) is 52.6 Å². The van der Waals surface area contributed by atoms with Crippen LogP contribution in [-0.4, -0.2) is 30.1 Å². The Kier molecular flexibility index (Phi) is 5.89. The van der Waals surface area contributed by atoms with Crippen molar-refractivity contribution in [1.29, 1.82) is 0 Å². The summed E-state index contributed by atoms with van der Waals surface area (Å²) in [5, 5.41) is 3.59. The number of hydrogen-bond acceptors (Lipinski definition) is 3. The standard InChI is InChI=1S/C15H28N2O/c1-6-15(5,17(8-3)9-4)14(16-7-2)13-11-10-12-18-13/h10-12,14,16H,6-9H2,1-5H3. The van der Waals surface area contributed by atoms with Crippen molar-refractivity contribution in [2.24, 2.45) is 0 Å². The van der Waals surface area contributed by atoms with Gasteiger partial charge in [-0.1, -0.05) is 27.7 Å². The molecule has 1 rings (SSSR count). The molecule has 1 heterocycles. The molecule has 2 unspecified atom stereocenters. The lowest BCUT2D eigenvalue weighted by atomic mass is 9.85. The van der Waals surface area contributed by atoms with Gasteiger partial charge in [0.2, 0.25) is 0 Å². The molecule has 3 heteroatoms. The topological polar surface area (TPSA) is 28.4 Å². The maximum absolute atomic E-state index is 5.65. The highest BCUT2D eigenvalue weighted by molar-refractivity contribution is 5.12. The zero-order valence-electron chi connectivity index (χ0n) is 12.5. The minimum absolute atomic E-state index is 0.0807. The van der Waals surface area contributed by atoms with Gasteiger partial charge in [-0.25, -0.2) is 0 Å². The summed E-state index contributed by atoms with van der Waals surface area (Å²) in [4.78, 5) is 2.52. The highest BCUT2D eigenvalue weighted by Gasteiger charge is 2.38. The minimum Gasteiger partial charge on any atom is -0.468 e. The molecule has 0 aromatic carbocycles. The summed E-state index contributed by atoms with van der Waals surface area (Å²) in [5.74, 6) is 1.04. The molecular formula is C15H28N2O. The maximum atomic E-state index is 5.65. The normalized spacial score (nSPS) is 16.8. The van der Waals surface area contributed by atoms with Gasteiger partial charge in [-0.05, 0) is 45.1 Å².